The molecule has 2 N–H and O–H groups in total. The number of benzene rings is 2. The zero-order chi connectivity index (χ0) is 18.4. The molecule has 2 aromatic rings. The molecule has 1 saturated heterocycles. The molecule has 0 aromatic heterocycles. The van der Waals surface area contributed by atoms with Crippen LogP contribution in [0.1, 0.15) is 36.0 Å². The van der Waals surface area contributed by atoms with Gasteiger partial charge in [0.05, 0.1) is 0 Å². The number of carboxylic acids is 1. The first-order chi connectivity index (χ1) is 12.6. The molecular weight excluding hydrogens is 328 g/mol. The fourth-order valence-corrected chi connectivity index (χ4v) is 3.41. The van der Waals surface area contributed by atoms with Gasteiger partial charge in [-0.2, -0.15) is 0 Å². The minimum absolute atomic E-state index is 0.0155. The van der Waals surface area contributed by atoms with Gasteiger partial charge in [-0.25, -0.2) is 0 Å². The second kappa shape index (κ2) is 8.52. The zero-order valence-electron chi connectivity index (χ0n) is 14.7. The number of carbonyl (C=O) groups excluding carboxylic acids is 1. The first-order valence-corrected chi connectivity index (χ1v) is 9.05. The molecule has 1 heterocycles. The van der Waals surface area contributed by atoms with Crippen LogP contribution in [0.3, 0.4) is 0 Å². The van der Waals surface area contributed by atoms with Crippen molar-refractivity contribution in [2.45, 2.75) is 25.7 Å². The molecule has 0 spiro atoms. The number of carboxylic acid groups (broad SMARTS) is 1. The summed E-state index contributed by atoms with van der Waals surface area (Å²) in [5, 5.41) is 12.2. The van der Waals surface area contributed by atoms with Crippen molar-refractivity contribution in [3.05, 3.63) is 60.2 Å². The molecule has 1 aliphatic rings. The van der Waals surface area contributed by atoms with E-state index in [4.69, 9.17) is 5.11 Å². The smallest absolute Gasteiger partial charge is 0.303 e. The van der Waals surface area contributed by atoms with Crippen LogP contribution in [-0.2, 0) is 4.79 Å². The Morgan fingerprint density at radius 3 is 2.62 bits per heavy atom. The van der Waals surface area contributed by atoms with Crippen molar-refractivity contribution in [2.75, 3.05) is 18.4 Å². The maximum absolute atomic E-state index is 12.9. The molecule has 5 nitrogen and oxygen atoms in total. The Morgan fingerprint density at radius 1 is 1.08 bits per heavy atom. The highest BCUT2D eigenvalue weighted by molar-refractivity contribution is 5.95. The average molecular weight is 352 g/mol. The van der Waals surface area contributed by atoms with Crippen LogP contribution in [0.25, 0.3) is 0 Å². The van der Waals surface area contributed by atoms with Gasteiger partial charge in [0.15, 0.2) is 0 Å². The summed E-state index contributed by atoms with van der Waals surface area (Å²) in [6.07, 6.45) is 2.72. The highest BCUT2D eigenvalue weighted by atomic mass is 16.4. The molecule has 1 fully saturated rings. The summed E-state index contributed by atoms with van der Waals surface area (Å²) >= 11 is 0. The summed E-state index contributed by atoms with van der Waals surface area (Å²) in [6, 6.07) is 17.4. The average Bonchev–Trinajstić information content (AvgIpc) is 2.67. The predicted octanol–water partition coefficient (Wildman–Crippen LogP) is 4.15. The van der Waals surface area contributed by atoms with Gasteiger partial charge < -0.3 is 15.3 Å². The van der Waals surface area contributed by atoms with E-state index in [9.17, 15) is 9.59 Å². The number of aliphatic carboxylic acids is 1. The normalized spacial score (nSPS) is 16.9. The molecule has 0 bridgehead atoms. The number of para-hydroxylation sites is 1. The van der Waals surface area contributed by atoms with Crippen molar-refractivity contribution < 1.29 is 14.7 Å². The molecule has 1 atom stereocenters. The number of hydrogen-bond donors (Lipinski definition) is 2. The first kappa shape index (κ1) is 18.0. The molecule has 2 aromatic carbocycles. The Morgan fingerprint density at radius 2 is 1.85 bits per heavy atom. The van der Waals surface area contributed by atoms with Crippen LogP contribution in [-0.4, -0.2) is 35.0 Å². The van der Waals surface area contributed by atoms with E-state index in [-0.39, 0.29) is 18.2 Å². The van der Waals surface area contributed by atoms with Crippen molar-refractivity contribution in [3.63, 3.8) is 0 Å². The summed E-state index contributed by atoms with van der Waals surface area (Å²) in [5.41, 5.74) is 2.51. The molecule has 0 radical (unpaired) electrons. The number of carbonyl (C=O) groups is 2. The lowest BCUT2D eigenvalue weighted by Gasteiger charge is -2.32. The molecule has 136 valence electrons. The predicted molar refractivity (Wildman–Crippen MR) is 102 cm³/mol. The van der Waals surface area contributed by atoms with Gasteiger partial charge in [-0.05, 0) is 55.5 Å². The van der Waals surface area contributed by atoms with E-state index in [0.717, 1.165) is 30.8 Å². The third kappa shape index (κ3) is 4.85. The fourth-order valence-electron chi connectivity index (χ4n) is 3.41. The van der Waals surface area contributed by atoms with Crippen LogP contribution < -0.4 is 5.32 Å². The number of piperidine rings is 1. The minimum Gasteiger partial charge on any atom is -0.481 e. The highest BCUT2D eigenvalue weighted by Gasteiger charge is 2.25. The minimum atomic E-state index is -0.770. The van der Waals surface area contributed by atoms with Crippen molar-refractivity contribution in [1.29, 1.82) is 0 Å². The lowest BCUT2D eigenvalue weighted by atomic mass is 9.93. The largest absolute Gasteiger partial charge is 0.481 e. The molecule has 26 heavy (non-hydrogen) atoms. The second-order valence-electron chi connectivity index (χ2n) is 6.76. The van der Waals surface area contributed by atoms with E-state index in [1.54, 1.807) is 0 Å². The van der Waals surface area contributed by atoms with E-state index < -0.39 is 5.97 Å². The summed E-state index contributed by atoms with van der Waals surface area (Å²) in [4.78, 5) is 25.5. The van der Waals surface area contributed by atoms with Crippen LogP contribution >= 0.6 is 0 Å². The Labute approximate surface area is 153 Å². The van der Waals surface area contributed by atoms with E-state index in [1.165, 1.54) is 0 Å². The number of hydrogen-bond acceptors (Lipinski definition) is 3. The Bertz CT molecular complexity index is 761. The van der Waals surface area contributed by atoms with Gasteiger partial charge in [0, 0.05) is 36.4 Å². The maximum Gasteiger partial charge on any atom is 0.303 e. The van der Waals surface area contributed by atoms with Gasteiger partial charge in [-0.1, -0.05) is 24.3 Å². The topological polar surface area (TPSA) is 69.6 Å². The number of rotatable bonds is 6. The Kier molecular flexibility index (Phi) is 5.89. The van der Waals surface area contributed by atoms with Crippen LogP contribution in [0, 0.1) is 5.92 Å². The second-order valence-corrected chi connectivity index (χ2v) is 6.76. The molecule has 0 aliphatic carbocycles. The lowest BCUT2D eigenvalue weighted by molar-refractivity contribution is -0.137. The van der Waals surface area contributed by atoms with E-state index in [1.807, 2.05) is 59.5 Å². The third-order valence-corrected chi connectivity index (χ3v) is 4.74. The van der Waals surface area contributed by atoms with Gasteiger partial charge in [-0.3, -0.25) is 9.59 Å². The summed E-state index contributed by atoms with van der Waals surface area (Å²) in [5.74, 6) is -0.482. The van der Waals surface area contributed by atoms with Crippen molar-refractivity contribution >= 4 is 23.3 Å². The molecular formula is C21H24N2O3. The summed E-state index contributed by atoms with van der Waals surface area (Å²) in [7, 11) is 0. The van der Waals surface area contributed by atoms with E-state index in [0.29, 0.717) is 18.5 Å². The molecule has 1 aliphatic heterocycles. The number of nitrogens with one attached hydrogen (secondary N) is 1. The molecule has 0 saturated carbocycles. The Hall–Kier alpha value is -2.82. The molecule has 5 heteroatoms. The zero-order valence-corrected chi connectivity index (χ0v) is 14.7. The standard InChI is InChI=1S/C21H24N2O3/c24-20(25)12-11-16-6-5-13-23(15-16)21(26)17-7-4-10-19(14-17)22-18-8-2-1-3-9-18/h1-4,7-10,14,16,22H,5-6,11-13,15H2,(H,24,25). The van der Waals surface area contributed by atoms with Gasteiger partial charge in [-0.15, -0.1) is 0 Å². The van der Waals surface area contributed by atoms with E-state index >= 15 is 0 Å². The van der Waals surface area contributed by atoms with Crippen LogP contribution in [0.4, 0.5) is 11.4 Å². The maximum atomic E-state index is 12.9. The molecule has 3 rings (SSSR count). The summed E-state index contributed by atoms with van der Waals surface area (Å²) in [6.45, 7) is 1.38. The summed E-state index contributed by atoms with van der Waals surface area (Å²) < 4.78 is 0. The molecule has 1 unspecified atom stereocenters. The molecule has 1 amide bonds. The van der Waals surface area contributed by atoms with Gasteiger partial charge in [0.25, 0.3) is 5.91 Å². The van der Waals surface area contributed by atoms with Crippen molar-refractivity contribution in [3.8, 4) is 0 Å². The van der Waals surface area contributed by atoms with Crippen LogP contribution in [0.2, 0.25) is 0 Å². The fraction of sp³-hybridized carbons (Fsp3) is 0.333. The monoisotopic (exact) mass is 352 g/mol. The SMILES string of the molecule is O=C(O)CCC1CCCN(C(=O)c2cccc(Nc3ccccc3)c2)C1. The third-order valence-electron chi connectivity index (χ3n) is 4.74. The van der Waals surface area contributed by atoms with Crippen molar-refractivity contribution in [1.82, 2.24) is 4.90 Å². The number of nitrogens with zero attached hydrogens (tertiary/aromatic N) is 1. The van der Waals surface area contributed by atoms with Crippen LogP contribution in [0.15, 0.2) is 54.6 Å². The lowest BCUT2D eigenvalue weighted by Crippen LogP contribution is -2.40. The Balaban J connectivity index is 1.65. The van der Waals surface area contributed by atoms with Crippen molar-refractivity contribution in [2.24, 2.45) is 5.92 Å². The first-order valence-electron chi connectivity index (χ1n) is 9.05. The van der Waals surface area contributed by atoms with Gasteiger partial charge >= 0.3 is 5.97 Å². The van der Waals surface area contributed by atoms with E-state index in [2.05, 4.69) is 5.32 Å². The number of amides is 1. The number of likely N-dealkylation sites (tertiary alicyclic amines) is 1. The quantitative estimate of drug-likeness (QED) is 0.819. The van der Waals surface area contributed by atoms with Gasteiger partial charge in [0.1, 0.15) is 0 Å². The number of anilines is 2. The highest BCUT2D eigenvalue weighted by Crippen LogP contribution is 2.24. The van der Waals surface area contributed by atoms with Crippen LogP contribution in [0.5, 0.6) is 0 Å². The van der Waals surface area contributed by atoms with Gasteiger partial charge in [0.2, 0.25) is 0 Å².